The normalized spacial score (nSPS) is 15.3. The molecule has 0 radical (unpaired) electrons. The smallest absolute Gasteiger partial charge is 0.276 e. The fraction of sp³-hybridized carbons (Fsp3) is 0.250. The lowest BCUT2D eigenvalue weighted by atomic mass is 9.89. The second-order valence-corrected chi connectivity index (χ2v) is 6.29. The Labute approximate surface area is 146 Å². The first-order valence-corrected chi connectivity index (χ1v) is 8.52. The average molecular weight is 333 g/mol. The van der Waals surface area contributed by atoms with Crippen LogP contribution in [0, 0.1) is 0 Å². The Bertz CT molecular complexity index is 838. The molecular weight excluding hydrogens is 314 g/mol. The minimum absolute atomic E-state index is 0.0597. The Kier molecular flexibility index (Phi) is 4.29. The Morgan fingerprint density at radius 2 is 1.76 bits per heavy atom. The maximum atomic E-state index is 12.7. The van der Waals surface area contributed by atoms with Crippen molar-refractivity contribution < 1.29 is 9.32 Å². The molecule has 0 aliphatic carbocycles. The molecule has 0 spiro atoms. The summed E-state index contributed by atoms with van der Waals surface area (Å²) in [5.74, 6) is 1.05. The summed E-state index contributed by atoms with van der Waals surface area (Å²) in [4.78, 5) is 18.5. The van der Waals surface area contributed by atoms with Crippen molar-refractivity contribution in [1.82, 2.24) is 15.0 Å². The number of carbonyl (C=O) groups is 1. The van der Waals surface area contributed by atoms with Crippen LogP contribution in [0.4, 0.5) is 0 Å². The second-order valence-electron chi connectivity index (χ2n) is 6.29. The Balaban J connectivity index is 1.42. The Morgan fingerprint density at radius 3 is 2.48 bits per heavy atom. The molecule has 25 heavy (non-hydrogen) atoms. The number of amides is 1. The van der Waals surface area contributed by atoms with Gasteiger partial charge in [-0.1, -0.05) is 35.5 Å². The third-order valence-corrected chi connectivity index (χ3v) is 4.75. The molecule has 1 fully saturated rings. The van der Waals surface area contributed by atoms with E-state index < -0.39 is 0 Å². The van der Waals surface area contributed by atoms with Crippen molar-refractivity contribution in [3.8, 4) is 11.3 Å². The lowest BCUT2D eigenvalue weighted by Gasteiger charge is -2.31. The predicted octanol–water partition coefficient (Wildman–Crippen LogP) is 3.76. The summed E-state index contributed by atoms with van der Waals surface area (Å²) >= 11 is 0. The third kappa shape index (κ3) is 3.31. The minimum atomic E-state index is -0.0597. The van der Waals surface area contributed by atoms with Gasteiger partial charge in [-0.05, 0) is 36.5 Å². The van der Waals surface area contributed by atoms with Crippen LogP contribution in [0.25, 0.3) is 11.3 Å². The summed E-state index contributed by atoms with van der Waals surface area (Å²) in [5, 5.41) is 3.96. The van der Waals surface area contributed by atoms with Gasteiger partial charge in [0, 0.05) is 37.1 Å². The van der Waals surface area contributed by atoms with Crippen molar-refractivity contribution >= 4 is 5.91 Å². The number of nitrogens with zero attached hydrogens (tertiary/aromatic N) is 3. The van der Waals surface area contributed by atoms with Crippen LogP contribution < -0.4 is 0 Å². The predicted molar refractivity (Wildman–Crippen MR) is 94.1 cm³/mol. The summed E-state index contributed by atoms with van der Waals surface area (Å²) in [6, 6.07) is 15.9. The Hall–Kier alpha value is -2.95. The van der Waals surface area contributed by atoms with Crippen molar-refractivity contribution in [2.45, 2.75) is 18.8 Å². The molecule has 1 saturated heterocycles. The maximum absolute atomic E-state index is 12.7. The van der Waals surface area contributed by atoms with Crippen LogP contribution in [0.15, 0.2) is 65.4 Å². The van der Waals surface area contributed by atoms with E-state index in [1.165, 1.54) is 5.56 Å². The lowest BCUT2D eigenvalue weighted by molar-refractivity contribution is 0.0702. The van der Waals surface area contributed by atoms with E-state index in [9.17, 15) is 4.79 Å². The van der Waals surface area contributed by atoms with Crippen molar-refractivity contribution in [1.29, 1.82) is 0 Å². The molecule has 1 amide bonds. The molecule has 5 heteroatoms. The molecule has 3 aromatic rings. The highest BCUT2D eigenvalue weighted by Crippen LogP contribution is 2.28. The molecular formula is C20H19N3O2. The standard InChI is InChI=1S/C20H19N3O2/c24-20(18-14-19(25-22-18)17-6-10-21-11-7-17)23-12-8-16(9-13-23)15-4-2-1-3-5-15/h1-7,10-11,14,16H,8-9,12-13H2. The molecule has 4 rings (SSSR count). The van der Waals surface area contributed by atoms with Gasteiger partial charge < -0.3 is 9.42 Å². The molecule has 0 unspecified atom stereocenters. The van der Waals surface area contributed by atoms with Gasteiger partial charge in [0.2, 0.25) is 0 Å². The number of hydrogen-bond donors (Lipinski definition) is 0. The van der Waals surface area contributed by atoms with E-state index in [1.807, 2.05) is 23.1 Å². The van der Waals surface area contributed by atoms with E-state index in [2.05, 4.69) is 34.4 Å². The average Bonchev–Trinajstić information content (AvgIpc) is 3.19. The number of pyridine rings is 1. The fourth-order valence-corrected chi connectivity index (χ4v) is 3.33. The molecule has 126 valence electrons. The SMILES string of the molecule is O=C(c1cc(-c2ccncc2)on1)N1CCC(c2ccccc2)CC1. The topological polar surface area (TPSA) is 59.2 Å². The lowest BCUT2D eigenvalue weighted by Crippen LogP contribution is -2.38. The van der Waals surface area contributed by atoms with Crippen LogP contribution in [-0.2, 0) is 0 Å². The first-order valence-electron chi connectivity index (χ1n) is 8.52. The van der Waals surface area contributed by atoms with Crippen LogP contribution in [0.5, 0.6) is 0 Å². The zero-order valence-electron chi connectivity index (χ0n) is 13.8. The highest BCUT2D eigenvalue weighted by Gasteiger charge is 2.26. The van der Waals surface area contributed by atoms with Gasteiger partial charge in [-0.25, -0.2) is 0 Å². The van der Waals surface area contributed by atoms with Crippen molar-refractivity contribution in [3.63, 3.8) is 0 Å². The molecule has 0 saturated carbocycles. The maximum Gasteiger partial charge on any atom is 0.276 e. The summed E-state index contributed by atoms with van der Waals surface area (Å²) in [6.45, 7) is 1.49. The Morgan fingerprint density at radius 1 is 1.04 bits per heavy atom. The zero-order chi connectivity index (χ0) is 17.1. The minimum Gasteiger partial charge on any atom is -0.355 e. The number of piperidine rings is 1. The van der Waals surface area contributed by atoms with Gasteiger partial charge in [0.25, 0.3) is 5.91 Å². The first-order chi connectivity index (χ1) is 12.3. The van der Waals surface area contributed by atoms with Gasteiger partial charge in [-0.2, -0.15) is 0 Å². The van der Waals surface area contributed by atoms with Gasteiger partial charge in [0.15, 0.2) is 11.5 Å². The van der Waals surface area contributed by atoms with E-state index in [-0.39, 0.29) is 5.91 Å². The van der Waals surface area contributed by atoms with Crippen LogP contribution in [-0.4, -0.2) is 34.0 Å². The van der Waals surface area contributed by atoms with Crippen molar-refractivity contribution in [2.24, 2.45) is 0 Å². The number of carbonyl (C=O) groups excluding carboxylic acids is 1. The quantitative estimate of drug-likeness (QED) is 0.732. The number of benzene rings is 1. The van der Waals surface area contributed by atoms with Gasteiger partial charge >= 0.3 is 0 Å². The number of likely N-dealkylation sites (tertiary alicyclic amines) is 1. The molecule has 1 aromatic carbocycles. The third-order valence-electron chi connectivity index (χ3n) is 4.75. The van der Waals surface area contributed by atoms with Gasteiger partial charge in [0.1, 0.15) is 0 Å². The molecule has 1 aliphatic rings. The summed E-state index contributed by atoms with van der Waals surface area (Å²) in [5.41, 5.74) is 2.59. The molecule has 0 bridgehead atoms. The highest BCUT2D eigenvalue weighted by atomic mass is 16.5. The second kappa shape index (κ2) is 6.89. The van der Waals surface area contributed by atoms with Crippen molar-refractivity contribution in [2.75, 3.05) is 13.1 Å². The number of aromatic nitrogens is 2. The molecule has 1 aliphatic heterocycles. The van der Waals surface area contributed by atoms with Crippen LogP contribution in [0.2, 0.25) is 0 Å². The van der Waals surface area contributed by atoms with E-state index in [4.69, 9.17) is 4.52 Å². The van der Waals surface area contributed by atoms with Gasteiger partial charge in [0.05, 0.1) is 0 Å². The van der Waals surface area contributed by atoms with Crippen LogP contribution in [0.3, 0.4) is 0 Å². The molecule has 2 aromatic heterocycles. The van der Waals surface area contributed by atoms with Gasteiger partial charge in [-0.3, -0.25) is 9.78 Å². The largest absolute Gasteiger partial charge is 0.355 e. The van der Waals surface area contributed by atoms with E-state index in [0.717, 1.165) is 31.5 Å². The van der Waals surface area contributed by atoms with E-state index in [0.29, 0.717) is 17.4 Å². The van der Waals surface area contributed by atoms with E-state index >= 15 is 0 Å². The molecule has 0 N–H and O–H groups in total. The fourth-order valence-electron chi connectivity index (χ4n) is 3.33. The van der Waals surface area contributed by atoms with Crippen LogP contribution in [0.1, 0.15) is 34.8 Å². The van der Waals surface area contributed by atoms with E-state index in [1.54, 1.807) is 18.5 Å². The molecule has 3 heterocycles. The number of hydrogen-bond acceptors (Lipinski definition) is 4. The number of rotatable bonds is 3. The molecule has 5 nitrogen and oxygen atoms in total. The van der Waals surface area contributed by atoms with Crippen LogP contribution >= 0.6 is 0 Å². The summed E-state index contributed by atoms with van der Waals surface area (Å²) in [7, 11) is 0. The highest BCUT2D eigenvalue weighted by molar-refractivity contribution is 5.93. The first kappa shape index (κ1) is 15.6. The molecule has 0 atom stereocenters. The summed E-state index contributed by atoms with van der Waals surface area (Å²) in [6.07, 6.45) is 5.33. The monoisotopic (exact) mass is 333 g/mol. The van der Waals surface area contributed by atoms with Gasteiger partial charge in [-0.15, -0.1) is 0 Å². The zero-order valence-corrected chi connectivity index (χ0v) is 13.8. The van der Waals surface area contributed by atoms with Crippen molar-refractivity contribution in [3.05, 3.63) is 72.2 Å². The summed E-state index contributed by atoms with van der Waals surface area (Å²) < 4.78 is 5.33.